The van der Waals surface area contributed by atoms with Crippen molar-refractivity contribution in [1.29, 1.82) is 5.26 Å². The van der Waals surface area contributed by atoms with E-state index in [0.717, 1.165) is 52.1 Å². The Labute approximate surface area is 118 Å². The molecule has 0 aromatic carbocycles. The quantitative estimate of drug-likeness (QED) is 0.685. The van der Waals surface area contributed by atoms with Crippen LogP contribution in [0.3, 0.4) is 0 Å². The van der Waals surface area contributed by atoms with Gasteiger partial charge in [-0.1, -0.05) is 13.8 Å². The van der Waals surface area contributed by atoms with Crippen molar-refractivity contribution in [2.75, 3.05) is 32.8 Å². The van der Waals surface area contributed by atoms with Crippen LogP contribution in [0.25, 0.3) is 0 Å². The van der Waals surface area contributed by atoms with Gasteiger partial charge in [0.2, 0.25) is 0 Å². The van der Waals surface area contributed by atoms with Gasteiger partial charge in [0.1, 0.15) is 5.54 Å². The third-order valence-electron chi connectivity index (χ3n) is 4.01. The zero-order valence-corrected chi connectivity index (χ0v) is 12.7. The van der Waals surface area contributed by atoms with Gasteiger partial charge in [0.15, 0.2) is 0 Å². The molecule has 1 N–H and O–H groups in total. The molecule has 1 saturated heterocycles. The fourth-order valence-electron chi connectivity index (χ4n) is 2.73. The van der Waals surface area contributed by atoms with Crippen molar-refractivity contribution in [2.24, 2.45) is 0 Å². The molecule has 0 aliphatic carbocycles. The maximum absolute atomic E-state index is 9.21. The second-order valence-electron chi connectivity index (χ2n) is 5.60. The number of ether oxygens (including phenoxy) is 1. The van der Waals surface area contributed by atoms with Crippen molar-refractivity contribution in [3.05, 3.63) is 0 Å². The topological polar surface area (TPSA) is 48.3 Å². The normalized spacial score (nSPS) is 23.8. The minimum Gasteiger partial charge on any atom is -0.378 e. The second-order valence-corrected chi connectivity index (χ2v) is 5.60. The van der Waals surface area contributed by atoms with Crippen molar-refractivity contribution in [3.8, 4) is 6.07 Å². The summed E-state index contributed by atoms with van der Waals surface area (Å²) in [5, 5.41) is 12.5. The smallest absolute Gasteiger partial charge is 0.103 e. The van der Waals surface area contributed by atoms with E-state index in [9.17, 15) is 5.26 Å². The number of hydrogen-bond acceptors (Lipinski definition) is 4. The van der Waals surface area contributed by atoms with Crippen LogP contribution in [-0.2, 0) is 4.74 Å². The summed E-state index contributed by atoms with van der Waals surface area (Å²) < 4.78 is 5.52. The highest BCUT2D eigenvalue weighted by molar-refractivity contribution is 5.03. The zero-order valence-electron chi connectivity index (χ0n) is 12.7. The van der Waals surface area contributed by atoms with Gasteiger partial charge in [-0.25, -0.2) is 0 Å². The SMILES string of the molecule is CCNC(C)(C#N)CCCCN1CCOCC1CC. The summed E-state index contributed by atoms with van der Waals surface area (Å²) in [6.07, 6.45) is 4.36. The van der Waals surface area contributed by atoms with Gasteiger partial charge in [0, 0.05) is 12.6 Å². The Hall–Kier alpha value is -0.630. The van der Waals surface area contributed by atoms with Crippen molar-refractivity contribution in [2.45, 2.75) is 58.0 Å². The first-order valence-corrected chi connectivity index (χ1v) is 7.63. The van der Waals surface area contributed by atoms with Gasteiger partial charge in [-0.2, -0.15) is 5.26 Å². The number of nitriles is 1. The van der Waals surface area contributed by atoms with Gasteiger partial charge >= 0.3 is 0 Å². The zero-order chi connectivity index (χ0) is 14.1. The standard InChI is InChI=1S/C15H29N3O/c1-4-14-12-19-11-10-18(14)9-7-6-8-15(3,13-16)17-5-2/h14,17H,4-12H2,1-3H3. The average Bonchev–Trinajstić information content (AvgIpc) is 2.44. The lowest BCUT2D eigenvalue weighted by Crippen LogP contribution is -2.45. The van der Waals surface area contributed by atoms with Crippen molar-refractivity contribution in [3.63, 3.8) is 0 Å². The minimum atomic E-state index is -0.357. The van der Waals surface area contributed by atoms with Crippen LogP contribution in [0.4, 0.5) is 0 Å². The molecule has 0 saturated carbocycles. The fraction of sp³-hybridized carbons (Fsp3) is 0.933. The molecule has 19 heavy (non-hydrogen) atoms. The van der Waals surface area contributed by atoms with Crippen molar-refractivity contribution >= 4 is 0 Å². The number of unbranched alkanes of at least 4 members (excludes halogenated alkanes) is 1. The molecule has 0 bridgehead atoms. The van der Waals surface area contributed by atoms with Crippen LogP contribution in [0.2, 0.25) is 0 Å². The van der Waals surface area contributed by atoms with E-state index >= 15 is 0 Å². The van der Waals surface area contributed by atoms with Gasteiger partial charge in [-0.05, 0) is 45.7 Å². The maximum atomic E-state index is 9.21. The molecule has 1 fully saturated rings. The summed E-state index contributed by atoms with van der Waals surface area (Å²) in [4.78, 5) is 2.54. The molecule has 0 aromatic heterocycles. The highest BCUT2D eigenvalue weighted by atomic mass is 16.5. The summed E-state index contributed by atoms with van der Waals surface area (Å²) in [6, 6.07) is 2.98. The highest BCUT2D eigenvalue weighted by Crippen LogP contribution is 2.15. The molecule has 1 rings (SSSR count). The van der Waals surface area contributed by atoms with E-state index in [1.807, 2.05) is 6.92 Å². The average molecular weight is 267 g/mol. The van der Waals surface area contributed by atoms with E-state index in [2.05, 4.69) is 30.1 Å². The van der Waals surface area contributed by atoms with Crippen LogP contribution in [0, 0.1) is 11.3 Å². The maximum Gasteiger partial charge on any atom is 0.103 e. The molecule has 4 nitrogen and oxygen atoms in total. The Morgan fingerprint density at radius 3 is 2.84 bits per heavy atom. The second kappa shape index (κ2) is 8.52. The first-order chi connectivity index (χ1) is 9.15. The van der Waals surface area contributed by atoms with E-state index in [1.165, 1.54) is 6.42 Å². The molecule has 1 heterocycles. The lowest BCUT2D eigenvalue weighted by Gasteiger charge is -2.35. The molecule has 1 aliphatic heterocycles. The largest absolute Gasteiger partial charge is 0.378 e. The predicted octanol–water partition coefficient (Wildman–Crippen LogP) is 2.16. The monoisotopic (exact) mass is 267 g/mol. The Kier molecular flexibility index (Phi) is 7.37. The van der Waals surface area contributed by atoms with E-state index in [1.54, 1.807) is 0 Å². The lowest BCUT2D eigenvalue weighted by molar-refractivity contribution is -0.00928. The molecule has 0 aromatic rings. The third kappa shape index (κ3) is 5.48. The number of nitrogens with zero attached hydrogens (tertiary/aromatic N) is 2. The molecule has 0 radical (unpaired) electrons. The molecule has 0 spiro atoms. The van der Waals surface area contributed by atoms with Crippen molar-refractivity contribution < 1.29 is 4.74 Å². The first kappa shape index (κ1) is 16.4. The van der Waals surface area contributed by atoms with Crippen LogP contribution in [0.5, 0.6) is 0 Å². The van der Waals surface area contributed by atoms with Crippen LogP contribution >= 0.6 is 0 Å². The number of hydrogen-bond donors (Lipinski definition) is 1. The van der Waals surface area contributed by atoms with Gasteiger partial charge in [-0.15, -0.1) is 0 Å². The summed E-state index contributed by atoms with van der Waals surface area (Å²) in [5.74, 6) is 0. The molecule has 110 valence electrons. The number of rotatable bonds is 8. The molecule has 1 aliphatic rings. The van der Waals surface area contributed by atoms with Crippen LogP contribution in [0.1, 0.15) is 46.5 Å². The summed E-state index contributed by atoms with van der Waals surface area (Å²) >= 11 is 0. The predicted molar refractivity (Wildman–Crippen MR) is 78.0 cm³/mol. The molecular weight excluding hydrogens is 238 g/mol. The lowest BCUT2D eigenvalue weighted by atomic mass is 9.96. The summed E-state index contributed by atoms with van der Waals surface area (Å²) in [5.41, 5.74) is -0.357. The van der Waals surface area contributed by atoms with E-state index < -0.39 is 0 Å². The van der Waals surface area contributed by atoms with Crippen LogP contribution in [-0.4, -0.2) is 49.3 Å². The van der Waals surface area contributed by atoms with E-state index in [4.69, 9.17) is 4.74 Å². The van der Waals surface area contributed by atoms with Gasteiger partial charge < -0.3 is 4.74 Å². The minimum absolute atomic E-state index is 0.357. The molecule has 2 unspecified atom stereocenters. The van der Waals surface area contributed by atoms with E-state index in [-0.39, 0.29) is 5.54 Å². The fourth-order valence-corrected chi connectivity index (χ4v) is 2.73. The van der Waals surface area contributed by atoms with Gasteiger partial charge in [0.05, 0.1) is 19.3 Å². The Morgan fingerprint density at radius 2 is 2.21 bits per heavy atom. The summed E-state index contributed by atoms with van der Waals surface area (Å²) in [7, 11) is 0. The molecular formula is C15H29N3O. The Morgan fingerprint density at radius 1 is 1.42 bits per heavy atom. The van der Waals surface area contributed by atoms with E-state index in [0.29, 0.717) is 6.04 Å². The number of nitrogens with one attached hydrogen (secondary N) is 1. The van der Waals surface area contributed by atoms with Crippen molar-refractivity contribution in [1.82, 2.24) is 10.2 Å². The Bertz CT molecular complexity index is 290. The molecule has 0 amide bonds. The van der Waals surface area contributed by atoms with Gasteiger partial charge in [0.25, 0.3) is 0 Å². The third-order valence-corrected chi connectivity index (χ3v) is 4.01. The Balaban J connectivity index is 2.24. The van der Waals surface area contributed by atoms with Crippen LogP contribution in [0.15, 0.2) is 0 Å². The molecule has 2 atom stereocenters. The first-order valence-electron chi connectivity index (χ1n) is 7.63. The van der Waals surface area contributed by atoms with Gasteiger partial charge in [-0.3, -0.25) is 10.2 Å². The van der Waals surface area contributed by atoms with Crippen LogP contribution < -0.4 is 5.32 Å². The summed E-state index contributed by atoms with van der Waals surface area (Å²) in [6.45, 7) is 11.1. The molecule has 4 heteroatoms. The number of morpholine rings is 1. The highest BCUT2D eigenvalue weighted by Gasteiger charge is 2.23.